The van der Waals surface area contributed by atoms with Gasteiger partial charge in [-0.05, 0) is 0 Å². The second kappa shape index (κ2) is 5.70. The summed E-state index contributed by atoms with van der Waals surface area (Å²) >= 11 is 0. The van der Waals surface area contributed by atoms with Gasteiger partial charge in [0, 0.05) is 27.3 Å². The number of phosphoric acid groups is 1. The smallest absolute Gasteiger partial charge is 0.822 e. The molecule has 36 valence electrons. The molecule has 0 aliphatic heterocycles. The molecule has 0 aliphatic carbocycles. The van der Waals surface area contributed by atoms with E-state index in [1.807, 2.05) is 0 Å². The van der Waals surface area contributed by atoms with Gasteiger partial charge in [0.05, 0.1) is 0 Å². The molecule has 0 spiro atoms. The summed E-state index contributed by atoms with van der Waals surface area (Å²) < 4.78 is 8.55. The van der Waals surface area contributed by atoms with Gasteiger partial charge in [0.2, 0.25) is 0 Å². The van der Waals surface area contributed by atoms with Gasteiger partial charge in [-0.15, -0.1) is 0 Å². The summed E-state index contributed by atoms with van der Waals surface area (Å²) in [5.74, 6) is 0. The van der Waals surface area contributed by atoms with Crippen molar-refractivity contribution in [2.75, 3.05) is 0 Å². The largest absolute Gasteiger partial charge is 3.00 e. The minimum absolute atomic E-state index is 0. The molecule has 0 rings (SSSR count). The third-order valence-corrected chi connectivity index (χ3v) is 0. The third kappa shape index (κ3) is 95.7. The van der Waals surface area contributed by atoms with Crippen molar-refractivity contribution in [3.8, 4) is 0 Å². The van der Waals surface area contributed by atoms with E-state index in [1.54, 1.807) is 0 Å². The minimum atomic E-state index is -5.39. The van der Waals surface area contributed by atoms with E-state index in [1.165, 1.54) is 0 Å². The molecule has 0 fully saturated rings. The Morgan fingerprint density at radius 1 is 1.14 bits per heavy atom. The van der Waals surface area contributed by atoms with E-state index in [-0.39, 0.29) is 44.7 Å². The topological polar surface area (TPSA) is 86.2 Å². The van der Waals surface area contributed by atoms with Crippen LogP contribution < -0.4 is 14.7 Å². The van der Waals surface area contributed by atoms with E-state index in [0.29, 0.717) is 0 Å². The Labute approximate surface area is 71.5 Å². The number of hydrogen-bond donors (Lipinski definition) is 0. The summed E-state index contributed by atoms with van der Waals surface area (Å²) in [6, 6.07) is 0. The van der Waals surface area contributed by atoms with Gasteiger partial charge in [-0.25, -0.2) is 0 Å². The Balaban J connectivity index is -0.0000000800. The summed E-state index contributed by atoms with van der Waals surface area (Å²) in [7, 11) is -5.39. The van der Waals surface area contributed by atoms with Crippen LogP contribution in [0.2, 0.25) is 0 Å². The van der Waals surface area contributed by atoms with Crippen LogP contribution in [0, 0.1) is 0 Å². The molecule has 4 radical (unpaired) electrons. The fourth-order valence-electron chi connectivity index (χ4n) is 0. The van der Waals surface area contributed by atoms with Crippen LogP contribution in [0.1, 0.15) is 0 Å². The number of rotatable bonds is 0. The molecular formula is AlO4PPb. The molecule has 0 aromatic rings. The Hall–Kier alpha value is 1.56. The van der Waals surface area contributed by atoms with Crippen LogP contribution in [-0.2, 0) is 4.57 Å². The SMILES string of the molecule is O=P([O-])([O-])[O-].[Al+3].[Pb]. The van der Waals surface area contributed by atoms with E-state index in [9.17, 15) is 0 Å². The fraction of sp³-hybridized carbons (Fsp3) is 0. The Morgan fingerprint density at radius 2 is 1.14 bits per heavy atom. The molecule has 0 atom stereocenters. The van der Waals surface area contributed by atoms with E-state index in [2.05, 4.69) is 0 Å². The van der Waals surface area contributed by atoms with Crippen LogP contribution in [0.5, 0.6) is 0 Å². The first-order valence-electron chi connectivity index (χ1n) is 0.730. The average Bonchev–Trinajstić information content (AvgIpc) is 0.722. The Bertz CT molecular complexity index is 57.8. The normalized spacial score (nSPS) is 8.43. The Morgan fingerprint density at radius 3 is 1.14 bits per heavy atom. The van der Waals surface area contributed by atoms with Crippen molar-refractivity contribution < 1.29 is 19.2 Å². The van der Waals surface area contributed by atoms with E-state index < -0.39 is 7.82 Å². The maximum absolute atomic E-state index is 8.55. The summed E-state index contributed by atoms with van der Waals surface area (Å²) in [4.78, 5) is 25.6. The molecule has 0 heterocycles. The van der Waals surface area contributed by atoms with Gasteiger partial charge in [-0.1, -0.05) is 0 Å². The van der Waals surface area contributed by atoms with Gasteiger partial charge in [0.15, 0.2) is 0 Å². The van der Waals surface area contributed by atoms with Crippen LogP contribution in [0.15, 0.2) is 0 Å². The first kappa shape index (κ1) is 15.8. The summed E-state index contributed by atoms with van der Waals surface area (Å²) in [6.07, 6.45) is 0. The zero-order chi connectivity index (χ0) is 4.50. The fourth-order valence-corrected chi connectivity index (χ4v) is 0. The van der Waals surface area contributed by atoms with E-state index >= 15 is 0 Å². The van der Waals surface area contributed by atoms with Crippen molar-refractivity contribution in [2.45, 2.75) is 0 Å². The van der Waals surface area contributed by atoms with Crippen molar-refractivity contribution in [1.29, 1.82) is 0 Å². The zero-order valence-electron chi connectivity index (χ0n) is 3.16. The standard InChI is InChI=1S/Al.H3O4P.Pb/c;1-5(2,3)4;/h;(H3,1,2,3,4);/q+3;;/p-3. The van der Waals surface area contributed by atoms with Crippen molar-refractivity contribution in [3.05, 3.63) is 0 Å². The molecule has 0 amide bonds. The first-order chi connectivity index (χ1) is 2.00. The first-order valence-corrected chi connectivity index (χ1v) is 2.19. The van der Waals surface area contributed by atoms with Crippen molar-refractivity contribution in [3.63, 3.8) is 0 Å². The van der Waals surface area contributed by atoms with Crippen molar-refractivity contribution in [2.24, 2.45) is 0 Å². The molecule has 0 N–H and O–H groups in total. The van der Waals surface area contributed by atoms with Gasteiger partial charge in [0.25, 0.3) is 0 Å². The van der Waals surface area contributed by atoms with Gasteiger partial charge in [-0.2, -0.15) is 7.82 Å². The van der Waals surface area contributed by atoms with E-state index in [4.69, 9.17) is 19.2 Å². The monoisotopic (exact) mass is 330 g/mol. The Kier molecular flexibility index (Phi) is 12.9. The third-order valence-electron chi connectivity index (χ3n) is 0. The molecule has 0 saturated heterocycles. The summed E-state index contributed by atoms with van der Waals surface area (Å²) in [6.45, 7) is 0. The van der Waals surface area contributed by atoms with E-state index in [0.717, 1.165) is 0 Å². The molecule has 0 unspecified atom stereocenters. The van der Waals surface area contributed by atoms with Crippen molar-refractivity contribution >= 4 is 52.5 Å². The quantitative estimate of drug-likeness (QED) is 0.340. The molecule has 0 aromatic carbocycles. The molecule has 0 bridgehead atoms. The molecule has 0 aliphatic rings. The average molecular weight is 329 g/mol. The van der Waals surface area contributed by atoms with Crippen LogP contribution in [0.25, 0.3) is 0 Å². The molecule has 7 heteroatoms. The van der Waals surface area contributed by atoms with Gasteiger partial charge in [0.1, 0.15) is 0 Å². The number of hydrogen-bond acceptors (Lipinski definition) is 4. The predicted molar refractivity (Wildman–Crippen MR) is 19.1 cm³/mol. The molecule has 7 heavy (non-hydrogen) atoms. The van der Waals surface area contributed by atoms with Crippen LogP contribution in [0.4, 0.5) is 0 Å². The van der Waals surface area contributed by atoms with Crippen molar-refractivity contribution in [1.82, 2.24) is 0 Å². The zero-order valence-corrected chi connectivity index (χ0v) is 9.09. The second-order valence-corrected chi connectivity index (χ2v) is 1.34. The van der Waals surface area contributed by atoms with Gasteiger partial charge < -0.3 is 19.2 Å². The van der Waals surface area contributed by atoms with Gasteiger partial charge >= 0.3 is 17.4 Å². The predicted octanol–water partition coefficient (Wildman–Crippen LogP) is -3.59. The van der Waals surface area contributed by atoms with Crippen LogP contribution >= 0.6 is 7.82 Å². The molecule has 0 aromatic heterocycles. The molecule has 4 nitrogen and oxygen atoms in total. The summed E-state index contributed by atoms with van der Waals surface area (Å²) in [5.41, 5.74) is 0. The van der Waals surface area contributed by atoms with Crippen LogP contribution in [-0.4, -0.2) is 44.7 Å². The summed E-state index contributed by atoms with van der Waals surface area (Å²) in [5, 5.41) is 0. The van der Waals surface area contributed by atoms with Crippen LogP contribution in [0.3, 0.4) is 0 Å². The second-order valence-electron chi connectivity index (χ2n) is 0.447. The van der Waals surface area contributed by atoms with Gasteiger partial charge in [-0.3, -0.25) is 0 Å². The molecular weight excluding hydrogens is 329 g/mol. The maximum atomic E-state index is 8.55. The maximum Gasteiger partial charge on any atom is 3.00 e. The minimum Gasteiger partial charge on any atom is -0.822 e. The molecule has 0 saturated carbocycles.